The number of urea groups is 1. The Morgan fingerprint density at radius 1 is 1.12 bits per heavy atom. The van der Waals surface area contributed by atoms with Gasteiger partial charge in [0.05, 0.1) is 17.3 Å². The average molecular weight is 491 g/mol. The van der Waals surface area contributed by atoms with Gasteiger partial charge in [-0.1, -0.05) is 31.0 Å². The molecule has 0 aromatic heterocycles. The maximum atomic E-state index is 13.7. The molecule has 0 aliphatic carbocycles. The van der Waals surface area contributed by atoms with E-state index in [-0.39, 0.29) is 11.8 Å². The molecule has 0 radical (unpaired) electrons. The molecule has 2 amide bonds. The highest BCUT2D eigenvalue weighted by Gasteiger charge is 2.20. The maximum Gasteiger partial charge on any atom is 0.319 e. The highest BCUT2D eigenvalue weighted by molar-refractivity contribution is 6.34. The first-order chi connectivity index (χ1) is 16.5. The van der Waals surface area contributed by atoms with Crippen molar-refractivity contribution < 1.29 is 13.9 Å². The molecular weight excluding hydrogens is 455 g/mol. The van der Waals surface area contributed by atoms with Crippen molar-refractivity contribution in [1.29, 1.82) is 0 Å². The summed E-state index contributed by atoms with van der Waals surface area (Å²) in [6, 6.07) is 10.6. The van der Waals surface area contributed by atoms with Crippen LogP contribution in [0.1, 0.15) is 38.2 Å². The van der Waals surface area contributed by atoms with Crippen LogP contribution in [0.3, 0.4) is 0 Å². The molecule has 2 aromatic carbocycles. The van der Waals surface area contributed by atoms with Crippen LogP contribution in [0.25, 0.3) is 0 Å². The molecule has 2 N–H and O–H groups in total. The highest BCUT2D eigenvalue weighted by atomic mass is 35.5. The van der Waals surface area contributed by atoms with Crippen LogP contribution >= 0.6 is 11.6 Å². The van der Waals surface area contributed by atoms with Crippen LogP contribution in [0, 0.1) is 12.7 Å². The number of nitrogens with one attached hydrogen (secondary N) is 2. The normalized spacial score (nSPS) is 14.2. The van der Waals surface area contributed by atoms with Crippen molar-refractivity contribution in [2.75, 3.05) is 56.1 Å². The second-order valence-corrected chi connectivity index (χ2v) is 9.03. The summed E-state index contributed by atoms with van der Waals surface area (Å²) in [5, 5.41) is 6.20. The third-order valence-corrected chi connectivity index (χ3v) is 6.54. The van der Waals surface area contributed by atoms with Gasteiger partial charge in [0.1, 0.15) is 11.6 Å². The van der Waals surface area contributed by atoms with Gasteiger partial charge in [0.2, 0.25) is 0 Å². The number of nitrogens with zero attached hydrogens (tertiary/aromatic N) is 2. The average Bonchev–Trinajstić information content (AvgIpc) is 2.83. The molecule has 0 unspecified atom stereocenters. The van der Waals surface area contributed by atoms with Crippen molar-refractivity contribution in [3.8, 4) is 5.75 Å². The summed E-state index contributed by atoms with van der Waals surface area (Å²) >= 11 is 6.36. The number of unbranched alkanes of at least 4 members (excludes halogenated alkanes) is 2. The minimum atomic E-state index is -0.259. The molecule has 3 rings (SSSR count). The number of piperazine rings is 1. The van der Waals surface area contributed by atoms with Crippen molar-refractivity contribution in [2.24, 2.45) is 0 Å². The van der Waals surface area contributed by atoms with Crippen LogP contribution in [0.15, 0.2) is 36.4 Å². The Balaban J connectivity index is 1.32. The Labute approximate surface area is 207 Å². The molecule has 1 saturated heterocycles. The largest absolute Gasteiger partial charge is 0.494 e. The number of hydrogen-bond donors (Lipinski definition) is 2. The van der Waals surface area contributed by atoms with Crippen LogP contribution in [-0.2, 0) is 0 Å². The van der Waals surface area contributed by atoms with Crippen LogP contribution in [0.5, 0.6) is 5.75 Å². The van der Waals surface area contributed by atoms with E-state index in [4.69, 9.17) is 16.3 Å². The second-order valence-electron chi connectivity index (χ2n) is 8.65. The van der Waals surface area contributed by atoms with Crippen molar-refractivity contribution in [3.63, 3.8) is 0 Å². The topological polar surface area (TPSA) is 56.8 Å². The van der Waals surface area contributed by atoms with E-state index < -0.39 is 0 Å². The summed E-state index contributed by atoms with van der Waals surface area (Å²) in [6.45, 7) is 9.82. The number of amides is 2. The molecule has 0 atom stereocenters. The van der Waals surface area contributed by atoms with Gasteiger partial charge in [-0.3, -0.25) is 4.90 Å². The standard InChI is InChI=1S/C26H36ClFN4O2/c1-3-4-12-29-26(33)30-21-8-7-9-22(19-21)34-18-6-5-13-31-14-16-32(17-15-31)24-11-10-23(28)20(2)25(24)27/h7-11,19H,3-6,12-18H2,1-2H3,(H2,29,30,33). The predicted molar refractivity (Wildman–Crippen MR) is 138 cm³/mol. The summed E-state index contributed by atoms with van der Waals surface area (Å²) < 4.78 is 19.6. The number of rotatable bonds is 11. The second kappa shape index (κ2) is 13.4. The number of carbonyl (C=O) groups excluding carboxylic acids is 1. The van der Waals surface area contributed by atoms with Gasteiger partial charge in [-0.2, -0.15) is 0 Å². The first kappa shape index (κ1) is 26.1. The van der Waals surface area contributed by atoms with Gasteiger partial charge >= 0.3 is 6.03 Å². The predicted octanol–water partition coefficient (Wildman–Crippen LogP) is 5.69. The van der Waals surface area contributed by atoms with Gasteiger partial charge in [-0.15, -0.1) is 0 Å². The van der Waals surface area contributed by atoms with E-state index in [0.29, 0.717) is 23.7 Å². The Morgan fingerprint density at radius 3 is 2.68 bits per heavy atom. The molecule has 1 aliphatic heterocycles. The molecule has 0 saturated carbocycles. The van der Waals surface area contributed by atoms with E-state index in [2.05, 4.69) is 27.4 Å². The maximum absolute atomic E-state index is 13.7. The van der Waals surface area contributed by atoms with Crippen LogP contribution < -0.4 is 20.3 Å². The van der Waals surface area contributed by atoms with Crippen molar-refractivity contribution in [2.45, 2.75) is 39.5 Å². The van der Waals surface area contributed by atoms with Gasteiger partial charge in [0.25, 0.3) is 0 Å². The van der Waals surface area contributed by atoms with Gasteiger partial charge in [0, 0.05) is 50.0 Å². The van der Waals surface area contributed by atoms with E-state index >= 15 is 0 Å². The Morgan fingerprint density at radius 2 is 1.91 bits per heavy atom. The molecule has 0 spiro atoms. The van der Waals surface area contributed by atoms with Crippen LogP contribution in [0.2, 0.25) is 5.02 Å². The Kier molecular flexibility index (Phi) is 10.3. The third kappa shape index (κ3) is 7.77. The first-order valence-electron chi connectivity index (χ1n) is 12.2. The monoisotopic (exact) mass is 490 g/mol. The summed E-state index contributed by atoms with van der Waals surface area (Å²) in [5.41, 5.74) is 2.16. The zero-order chi connectivity index (χ0) is 24.3. The lowest BCUT2D eigenvalue weighted by molar-refractivity contribution is 0.238. The van der Waals surface area contributed by atoms with E-state index in [1.54, 1.807) is 13.0 Å². The number of hydrogen-bond acceptors (Lipinski definition) is 4. The van der Waals surface area contributed by atoms with E-state index in [0.717, 1.165) is 75.5 Å². The molecule has 34 heavy (non-hydrogen) atoms. The zero-order valence-electron chi connectivity index (χ0n) is 20.2. The highest BCUT2D eigenvalue weighted by Crippen LogP contribution is 2.31. The van der Waals surface area contributed by atoms with E-state index in [1.807, 2.05) is 24.3 Å². The molecule has 186 valence electrons. The van der Waals surface area contributed by atoms with Gasteiger partial charge < -0.3 is 20.3 Å². The lowest BCUT2D eigenvalue weighted by Gasteiger charge is -2.36. The SMILES string of the molecule is CCCCNC(=O)Nc1cccc(OCCCCN2CCN(c3ccc(F)c(C)c3Cl)CC2)c1. The van der Waals surface area contributed by atoms with E-state index in [1.165, 1.54) is 6.07 Å². The number of halogens is 2. The van der Waals surface area contributed by atoms with Crippen molar-refractivity contribution >= 4 is 29.0 Å². The molecule has 1 aliphatic rings. The molecule has 6 nitrogen and oxygen atoms in total. The minimum Gasteiger partial charge on any atom is -0.494 e. The molecule has 8 heteroatoms. The summed E-state index contributed by atoms with van der Waals surface area (Å²) in [6.07, 6.45) is 4.02. The van der Waals surface area contributed by atoms with Gasteiger partial charge in [-0.25, -0.2) is 9.18 Å². The lowest BCUT2D eigenvalue weighted by atomic mass is 10.1. The zero-order valence-corrected chi connectivity index (χ0v) is 21.0. The van der Waals surface area contributed by atoms with Gasteiger partial charge in [0.15, 0.2) is 0 Å². The van der Waals surface area contributed by atoms with Crippen molar-refractivity contribution in [3.05, 3.63) is 52.8 Å². The number of benzene rings is 2. The fourth-order valence-electron chi connectivity index (χ4n) is 3.95. The van der Waals surface area contributed by atoms with Crippen LogP contribution in [0.4, 0.5) is 20.6 Å². The number of ether oxygens (including phenoxy) is 1. The molecule has 1 heterocycles. The van der Waals surface area contributed by atoms with Gasteiger partial charge in [-0.05, 0) is 57.0 Å². The minimum absolute atomic E-state index is 0.192. The molecular formula is C26H36ClFN4O2. The smallest absolute Gasteiger partial charge is 0.319 e. The quantitative estimate of drug-likeness (QED) is 0.397. The summed E-state index contributed by atoms with van der Waals surface area (Å²) in [7, 11) is 0. The first-order valence-corrected chi connectivity index (χ1v) is 12.6. The summed E-state index contributed by atoms with van der Waals surface area (Å²) in [5.74, 6) is 0.497. The summed E-state index contributed by atoms with van der Waals surface area (Å²) in [4.78, 5) is 16.6. The Hall–Kier alpha value is -2.51. The Bertz CT molecular complexity index is 935. The number of carbonyl (C=O) groups is 1. The van der Waals surface area contributed by atoms with E-state index in [9.17, 15) is 9.18 Å². The van der Waals surface area contributed by atoms with Crippen LogP contribution in [-0.4, -0.2) is 56.8 Å². The fraction of sp³-hybridized carbons (Fsp3) is 0.500. The fourth-order valence-corrected chi connectivity index (χ4v) is 4.22. The molecule has 1 fully saturated rings. The van der Waals surface area contributed by atoms with Crippen molar-refractivity contribution in [1.82, 2.24) is 10.2 Å². The number of anilines is 2. The third-order valence-electron chi connectivity index (χ3n) is 6.06. The molecule has 2 aromatic rings. The lowest BCUT2D eigenvalue weighted by Crippen LogP contribution is -2.46. The molecule has 0 bridgehead atoms.